The molecule has 12 heteroatoms. The van der Waals surface area contributed by atoms with E-state index in [9.17, 15) is 0 Å². The molecule has 0 unspecified atom stereocenters. The highest BCUT2D eigenvalue weighted by atomic mass is 19.4. The van der Waals surface area contributed by atoms with Gasteiger partial charge in [-0.25, -0.2) is 0 Å². The molecule has 0 N–H and O–H groups in total. The quantitative estimate of drug-likeness (QED) is 0.144. The number of aromatic nitrogens is 9. The van der Waals surface area contributed by atoms with Crippen LogP contribution in [-0.2, 0) is 6.18 Å². The van der Waals surface area contributed by atoms with Gasteiger partial charge in [0.2, 0.25) is 0 Å². The van der Waals surface area contributed by atoms with E-state index < -0.39 is 11.7 Å². The molecular formula is C87H52F3N9. The Morgan fingerprint density at radius 2 is 0.384 bits per heavy atom. The summed E-state index contributed by atoms with van der Waals surface area (Å²) in [6.45, 7) is 0. The van der Waals surface area contributed by atoms with Crippen molar-refractivity contribution in [3.63, 3.8) is 0 Å². The molecule has 9 nitrogen and oxygen atoms in total. The first kappa shape index (κ1) is 56.2. The minimum absolute atomic E-state index is 0.0618. The van der Waals surface area contributed by atoms with E-state index in [1.54, 1.807) is 49.6 Å². The summed E-state index contributed by atoms with van der Waals surface area (Å²) >= 11 is 0. The number of para-hydroxylation sites is 6. The van der Waals surface area contributed by atoms with E-state index in [1.165, 1.54) is 0 Å². The lowest BCUT2D eigenvalue weighted by molar-refractivity contribution is -0.137. The van der Waals surface area contributed by atoms with Gasteiger partial charge in [-0.05, 0) is 178 Å². The van der Waals surface area contributed by atoms with Gasteiger partial charge in [0.15, 0.2) is 0 Å². The average Bonchev–Trinajstić information content (AvgIpc) is 1.57. The molecule has 0 spiro atoms. The Labute approximate surface area is 563 Å². The van der Waals surface area contributed by atoms with Gasteiger partial charge >= 0.3 is 6.18 Å². The van der Waals surface area contributed by atoms with Crippen molar-refractivity contribution in [1.82, 2.24) is 42.8 Å². The number of hydrogen-bond donors (Lipinski definition) is 0. The summed E-state index contributed by atoms with van der Waals surface area (Å²) in [5.74, 6) is 0. The van der Waals surface area contributed by atoms with Crippen LogP contribution in [0, 0.1) is 0 Å². The predicted molar refractivity (Wildman–Crippen MR) is 396 cm³/mol. The molecular weight excluding hydrogens is 1230 g/mol. The van der Waals surface area contributed by atoms with E-state index in [4.69, 9.17) is 0 Å². The molecule has 0 aliphatic rings. The van der Waals surface area contributed by atoms with Gasteiger partial charge in [0.25, 0.3) is 0 Å². The summed E-state index contributed by atoms with van der Waals surface area (Å²) in [6.07, 6.45) is 9.16. The lowest BCUT2D eigenvalue weighted by Crippen LogP contribution is -2.23. The number of hydrogen-bond acceptors (Lipinski definition) is 4. The van der Waals surface area contributed by atoms with Crippen molar-refractivity contribution in [2.45, 2.75) is 6.18 Å². The van der Waals surface area contributed by atoms with Crippen LogP contribution in [0.1, 0.15) is 5.56 Å². The fourth-order valence-electron chi connectivity index (χ4n) is 15.9. The van der Waals surface area contributed by atoms with E-state index in [2.05, 4.69) is 131 Å². The Morgan fingerprint density at radius 1 is 0.192 bits per heavy atom. The second-order valence-electron chi connectivity index (χ2n) is 25.3. The van der Waals surface area contributed by atoms with Crippen LogP contribution < -0.4 is 0 Å². The van der Waals surface area contributed by atoms with E-state index >= 15 is 13.2 Å². The summed E-state index contributed by atoms with van der Waals surface area (Å²) < 4.78 is 68.8. The molecule has 0 radical (unpaired) electrons. The summed E-state index contributed by atoms with van der Waals surface area (Å²) in [5.41, 5.74) is 14.3. The smallest absolute Gasteiger partial charge is 0.306 e. The second kappa shape index (κ2) is 21.7. The van der Waals surface area contributed by atoms with Crippen LogP contribution in [-0.4, -0.2) is 42.8 Å². The van der Waals surface area contributed by atoms with Crippen LogP contribution in [0.25, 0.3) is 182 Å². The molecule has 9 heterocycles. The van der Waals surface area contributed by atoms with Crippen LogP contribution in [0.3, 0.4) is 0 Å². The normalized spacial score (nSPS) is 12.2. The molecule has 0 bridgehead atoms. The number of rotatable bonds is 9. The number of fused-ring (bicyclic) bond motifs is 15. The zero-order valence-electron chi connectivity index (χ0n) is 52.7. The summed E-state index contributed by atoms with van der Waals surface area (Å²) in [6, 6.07) is 89.6. The largest absolute Gasteiger partial charge is 0.420 e. The molecule has 0 aliphatic heterocycles. The zero-order chi connectivity index (χ0) is 65.6. The molecule has 9 aromatic heterocycles. The lowest BCUT2D eigenvalue weighted by Gasteiger charge is -2.32. The molecule has 99 heavy (non-hydrogen) atoms. The monoisotopic (exact) mass is 1280 g/mol. The van der Waals surface area contributed by atoms with Crippen molar-refractivity contribution >= 4 is 109 Å². The first-order chi connectivity index (χ1) is 48.8. The fourth-order valence-corrected chi connectivity index (χ4v) is 15.9. The lowest BCUT2D eigenvalue weighted by atomic mass is 9.99. The number of halogens is 3. The van der Waals surface area contributed by atoms with Crippen LogP contribution >= 0.6 is 0 Å². The number of alkyl halides is 3. The van der Waals surface area contributed by atoms with Gasteiger partial charge in [-0.3, -0.25) is 19.9 Å². The molecule has 20 rings (SSSR count). The number of benzene rings is 11. The maximum atomic E-state index is 19.5. The maximum Gasteiger partial charge on any atom is 0.420 e. The SMILES string of the molecule is FC(F)(F)c1c(-n2c3ccccc3c3ccccc32)c(-n2c3ccc(-c4ccncc4)cc3c3cc(-c4ccncc4)ccc32)c(-n2c3ccccc3c3ccccc32)c(-n2c3ccc(-c4ccncc4)cc3c3cc(-c4ccncc4)ccc32)c1-n1c2ccccc2c2ccccc21. The molecule has 0 atom stereocenters. The van der Waals surface area contributed by atoms with Gasteiger partial charge in [-0.2, -0.15) is 13.2 Å². The Bertz CT molecular complexity index is 6010. The van der Waals surface area contributed by atoms with Gasteiger partial charge < -0.3 is 22.8 Å². The zero-order valence-corrected chi connectivity index (χ0v) is 52.7. The van der Waals surface area contributed by atoms with Crippen LogP contribution in [0.15, 0.2) is 316 Å². The average molecular weight is 1280 g/mol. The standard InChI is InChI=1S/C87H52F3N9/c88-87(89,90)81-82(95-71-19-7-1-13-61(71)62-14-2-8-20-72(62)95)84(98-77-29-25-57(53-33-41-91-42-34-53)49-67(77)68-50-58(26-30-78(68)98)54-35-43-92-44-36-54)86(97-75-23-11-5-17-65(75)66-18-6-12-24-76(66)97)85(83(81)96-73-21-9-3-15-63(73)64-16-4-10-22-74(64)96)99-79-31-27-59(55-37-45-93-46-38-55)51-69(79)70-52-60(28-32-80(70)99)56-39-47-94-48-40-56/h1-52H. The molecule has 20 aromatic rings. The van der Waals surface area contributed by atoms with Gasteiger partial charge in [-0.15, -0.1) is 0 Å². The van der Waals surface area contributed by atoms with Gasteiger partial charge in [0, 0.05) is 103 Å². The van der Waals surface area contributed by atoms with Gasteiger partial charge in [-0.1, -0.05) is 133 Å². The molecule has 0 fully saturated rings. The highest BCUT2D eigenvalue weighted by Crippen LogP contribution is 2.56. The topological polar surface area (TPSA) is 76.2 Å². The van der Waals surface area contributed by atoms with Crippen molar-refractivity contribution in [1.29, 1.82) is 0 Å². The molecule has 466 valence electrons. The molecule has 0 aliphatic carbocycles. The summed E-state index contributed by atoms with van der Waals surface area (Å²) in [7, 11) is 0. The highest BCUT2D eigenvalue weighted by molar-refractivity contribution is 6.19. The van der Waals surface area contributed by atoms with E-state index in [1.807, 2.05) is 179 Å². The second-order valence-corrected chi connectivity index (χ2v) is 25.3. The van der Waals surface area contributed by atoms with E-state index in [0.29, 0.717) is 61.2 Å². The van der Waals surface area contributed by atoms with Crippen molar-refractivity contribution in [2.24, 2.45) is 0 Å². The Morgan fingerprint density at radius 3 is 0.606 bits per heavy atom. The number of pyridine rings is 4. The van der Waals surface area contributed by atoms with Crippen LogP contribution in [0.5, 0.6) is 0 Å². The third kappa shape index (κ3) is 8.42. The van der Waals surface area contributed by atoms with E-state index in [-0.39, 0.29) is 11.4 Å². The molecule has 11 aromatic carbocycles. The minimum Gasteiger partial charge on any atom is -0.306 e. The highest BCUT2D eigenvalue weighted by Gasteiger charge is 2.46. The van der Waals surface area contributed by atoms with E-state index in [0.717, 1.165) is 109 Å². The maximum absolute atomic E-state index is 19.5. The number of nitrogens with zero attached hydrogens (tertiary/aromatic N) is 9. The van der Waals surface area contributed by atoms with Gasteiger partial charge in [0.1, 0.15) is 5.56 Å². The summed E-state index contributed by atoms with van der Waals surface area (Å²) in [5, 5.41) is 8.41. The first-order valence-electron chi connectivity index (χ1n) is 32.9. The van der Waals surface area contributed by atoms with Crippen molar-refractivity contribution in [3.05, 3.63) is 322 Å². The van der Waals surface area contributed by atoms with Crippen molar-refractivity contribution in [3.8, 4) is 72.9 Å². The Kier molecular flexibility index (Phi) is 12.3. The third-order valence-corrected chi connectivity index (χ3v) is 20.1. The van der Waals surface area contributed by atoms with Crippen LogP contribution in [0.2, 0.25) is 0 Å². The molecule has 0 saturated heterocycles. The minimum atomic E-state index is -5.13. The van der Waals surface area contributed by atoms with Crippen molar-refractivity contribution in [2.75, 3.05) is 0 Å². The summed E-state index contributed by atoms with van der Waals surface area (Å²) in [4.78, 5) is 17.6. The molecule has 0 amide bonds. The van der Waals surface area contributed by atoms with Crippen molar-refractivity contribution < 1.29 is 13.2 Å². The Balaban J connectivity index is 1.12. The van der Waals surface area contributed by atoms with Crippen LogP contribution in [0.4, 0.5) is 13.2 Å². The van der Waals surface area contributed by atoms with Gasteiger partial charge in [0.05, 0.1) is 83.6 Å². The fraction of sp³-hybridized carbons (Fsp3) is 0.0115. The third-order valence-electron chi connectivity index (χ3n) is 20.1. The predicted octanol–water partition coefficient (Wildman–Crippen LogP) is 22.4. The molecule has 0 saturated carbocycles. The Hall–Kier alpha value is -13.2. The first-order valence-corrected chi connectivity index (χ1v) is 32.9.